The summed E-state index contributed by atoms with van der Waals surface area (Å²) in [6.45, 7) is 3.55. The Kier molecular flexibility index (Phi) is 6.76. The molecule has 0 radical (unpaired) electrons. The van der Waals surface area contributed by atoms with E-state index in [2.05, 4.69) is 27.5 Å². The molecule has 33 heavy (non-hydrogen) atoms. The predicted octanol–water partition coefficient (Wildman–Crippen LogP) is 3.59. The molecule has 0 atom stereocenters. The number of nitrogens with one attached hydrogen (secondary N) is 2. The number of aromatic nitrogens is 2. The molecule has 1 fully saturated rings. The molecular weight excluding hydrogens is 462 g/mol. The van der Waals surface area contributed by atoms with Gasteiger partial charge in [-0.25, -0.2) is 8.42 Å². The number of piperidine rings is 1. The van der Waals surface area contributed by atoms with Gasteiger partial charge in [0.05, 0.1) is 18.3 Å². The van der Waals surface area contributed by atoms with Gasteiger partial charge in [-0.3, -0.25) is 9.89 Å². The molecule has 8 nitrogen and oxygen atoms in total. The summed E-state index contributed by atoms with van der Waals surface area (Å²) in [5.41, 5.74) is 2.84. The summed E-state index contributed by atoms with van der Waals surface area (Å²) in [5, 5.41) is 10.8. The fraction of sp³-hybridized carbons (Fsp3) is 0.391. The number of sulfonamides is 1. The van der Waals surface area contributed by atoms with E-state index < -0.39 is 15.9 Å². The topological polar surface area (TPSA) is 98.4 Å². The molecule has 1 aliphatic rings. The number of halogens is 1. The average molecular weight is 490 g/mol. The van der Waals surface area contributed by atoms with Crippen LogP contribution in [0.4, 0.5) is 5.69 Å². The van der Waals surface area contributed by atoms with Gasteiger partial charge >= 0.3 is 0 Å². The highest BCUT2D eigenvalue weighted by atomic mass is 35.5. The highest BCUT2D eigenvalue weighted by molar-refractivity contribution is 7.89. The second-order valence-corrected chi connectivity index (χ2v) is 11.1. The third kappa shape index (κ3) is 5.06. The molecule has 0 bridgehead atoms. The molecule has 0 saturated carbocycles. The molecule has 176 valence electrons. The fourth-order valence-corrected chi connectivity index (χ4v) is 6.00. The highest BCUT2D eigenvalue weighted by Crippen LogP contribution is 2.34. The van der Waals surface area contributed by atoms with Crippen LogP contribution in [-0.2, 0) is 14.8 Å². The Bertz CT molecular complexity index is 1280. The third-order valence-corrected chi connectivity index (χ3v) is 8.31. The zero-order valence-electron chi connectivity index (χ0n) is 18.9. The first-order chi connectivity index (χ1) is 15.6. The van der Waals surface area contributed by atoms with Crippen LogP contribution < -0.4 is 5.32 Å². The van der Waals surface area contributed by atoms with E-state index in [1.807, 2.05) is 25.1 Å². The first kappa shape index (κ1) is 23.7. The van der Waals surface area contributed by atoms with E-state index in [4.69, 9.17) is 11.6 Å². The summed E-state index contributed by atoms with van der Waals surface area (Å²) in [7, 11) is -0.408. The van der Waals surface area contributed by atoms with Crippen LogP contribution in [0, 0.1) is 6.92 Å². The standard InChI is InChI=1S/C23H28ClN5O3S/c1-15-10-17-13-25-27-23(17)21(11-15)33(31,32)29(3)14-22(30)26-18-4-5-19(20(24)12-18)16-6-8-28(2)9-7-16/h4-5,10-13,16H,6-9,14H2,1-3H3,(H,25,27)(H,26,30). The summed E-state index contributed by atoms with van der Waals surface area (Å²) in [4.78, 5) is 15.0. The summed E-state index contributed by atoms with van der Waals surface area (Å²) < 4.78 is 27.3. The maximum atomic E-state index is 13.2. The van der Waals surface area contributed by atoms with Crippen LogP contribution in [0.15, 0.2) is 41.4 Å². The molecule has 2 N–H and O–H groups in total. The van der Waals surface area contributed by atoms with Crippen molar-refractivity contribution in [2.75, 3.05) is 39.0 Å². The Morgan fingerprint density at radius 3 is 2.70 bits per heavy atom. The lowest BCUT2D eigenvalue weighted by Crippen LogP contribution is -2.35. The molecule has 1 amide bonds. The number of H-pyrrole nitrogens is 1. The number of benzene rings is 2. The van der Waals surface area contributed by atoms with Crippen molar-refractivity contribution in [1.82, 2.24) is 19.4 Å². The van der Waals surface area contributed by atoms with Crippen LogP contribution in [0.5, 0.6) is 0 Å². The van der Waals surface area contributed by atoms with Gasteiger partial charge < -0.3 is 10.2 Å². The van der Waals surface area contributed by atoms with E-state index in [0.717, 1.165) is 41.4 Å². The second kappa shape index (κ2) is 9.42. The Morgan fingerprint density at radius 2 is 2.00 bits per heavy atom. The number of anilines is 1. The van der Waals surface area contributed by atoms with Crippen molar-refractivity contribution in [2.24, 2.45) is 0 Å². The number of rotatable bonds is 6. The van der Waals surface area contributed by atoms with Crippen molar-refractivity contribution in [1.29, 1.82) is 0 Å². The number of hydrogen-bond donors (Lipinski definition) is 2. The molecule has 1 aromatic heterocycles. The average Bonchev–Trinajstić information content (AvgIpc) is 3.22. The molecule has 3 aromatic rings. The number of carbonyl (C=O) groups is 1. The van der Waals surface area contributed by atoms with Crippen LogP contribution >= 0.6 is 11.6 Å². The molecule has 1 saturated heterocycles. The lowest BCUT2D eigenvalue weighted by Gasteiger charge is -2.29. The van der Waals surface area contributed by atoms with Gasteiger partial charge in [-0.15, -0.1) is 0 Å². The maximum Gasteiger partial charge on any atom is 0.245 e. The van der Waals surface area contributed by atoms with E-state index in [-0.39, 0.29) is 11.4 Å². The van der Waals surface area contributed by atoms with E-state index >= 15 is 0 Å². The van der Waals surface area contributed by atoms with Crippen molar-refractivity contribution in [3.05, 3.63) is 52.7 Å². The lowest BCUT2D eigenvalue weighted by atomic mass is 9.89. The number of carbonyl (C=O) groups excluding carboxylic acids is 1. The van der Waals surface area contributed by atoms with E-state index in [0.29, 0.717) is 27.5 Å². The van der Waals surface area contributed by atoms with Crippen LogP contribution in [0.1, 0.15) is 29.9 Å². The molecular formula is C23H28ClN5O3S. The zero-order chi connectivity index (χ0) is 23.8. The van der Waals surface area contributed by atoms with Crippen LogP contribution in [0.2, 0.25) is 5.02 Å². The Hall–Kier alpha value is -2.46. The molecule has 4 rings (SSSR count). The molecule has 0 unspecified atom stereocenters. The smallest absolute Gasteiger partial charge is 0.245 e. The first-order valence-electron chi connectivity index (χ1n) is 10.8. The van der Waals surface area contributed by atoms with Crippen molar-refractivity contribution >= 4 is 44.1 Å². The van der Waals surface area contributed by atoms with Crippen molar-refractivity contribution < 1.29 is 13.2 Å². The SMILES string of the molecule is Cc1cc(S(=O)(=O)N(C)CC(=O)Nc2ccc(C3CCN(C)CC3)c(Cl)c2)c2[nH]ncc2c1. The quantitative estimate of drug-likeness (QED) is 0.551. The molecule has 2 heterocycles. The number of likely N-dealkylation sites (N-methyl/N-ethyl adjacent to an activating group) is 1. The summed E-state index contributed by atoms with van der Waals surface area (Å²) >= 11 is 6.52. The number of aromatic amines is 1. The largest absolute Gasteiger partial charge is 0.325 e. The number of amides is 1. The van der Waals surface area contributed by atoms with Gasteiger partial charge in [0, 0.05) is 23.1 Å². The zero-order valence-corrected chi connectivity index (χ0v) is 20.5. The highest BCUT2D eigenvalue weighted by Gasteiger charge is 2.26. The van der Waals surface area contributed by atoms with Crippen LogP contribution in [0.25, 0.3) is 10.9 Å². The van der Waals surface area contributed by atoms with Crippen LogP contribution in [-0.4, -0.2) is 67.5 Å². The second-order valence-electron chi connectivity index (χ2n) is 8.72. The summed E-state index contributed by atoms with van der Waals surface area (Å²) in [6.07, 6.45) is 3.67. The van der Waals surface area contributed by atoms with E-state index in [1.165, 1.54) is 7.05 Å². The van der Waals surface area contributed by atoms with Gasteiger partial charge in [-0.2, -0.15) is 9.40 Å². The number of nitrogens with zero attached hydrogens (tertiary/aromatic N) is 3. The Balaban J connectivity index is 1.45. The number of aryl methyl sites for hydroxylation is 1. The third-order valence-electron chi connectivity index (χ3n) is 6.15. The first-order valence-corrected chi connectivity index (χ1v) is 12.6. The number of hydrogen-bond acceptors (Lipinski definition) is 5. The number of likely N-dealkylation sites (tertiary alicyclic amines) is 1. The van der Waals surface area contributed by atoms with Crippen LogP contribution in [0.3, 0.4) is 0 Å². The Labute approximate surface area is 199 Å². The lowest BCUT2D eigenvalue weighted by molar-refractivity contribution is -0.116. The molecule has 10 heteroatoms. The minimum Gasteiger partial charge on any atom is -0.325 e. The molecule has 0 aliphatic carbocycles. The monoisotopic (exact) mass is 489 g/mol. The van der Waals surface area contributed by atoms with Crippen molar-refractivity contribution in [3.63, 3.8) is 0 Å². The normalized spacial score (nSPS) is 15.9. The summed E-state index contributed by atoms with van der Waals surface area (Å²) in [5.74, 6) is -0.0407. The van der Waals surface area contributed by atoms with Gasteiger partial charge in [0.15, 0.2) is 0 Å². The minimum absolute atomic E-state index is 0.0934. The molecule has 0 spiro atoms. The van der Waals surface area contributed by atoms with Crippen molar-refractivity contribution in [2.45, 2.75) is 30.6 Å². The van der Waals surface area contributed by atoms with E-state index in [9.17, 15) is 13.2 Å². The Morgan fingerprint density at radius 1 is 1.27 bits per heavy atom. The fourth-order valence-electron chi connectivity index (χ4n) is 4.28. The molecule has 1 aliphatic heterocycles. The van der Waals surface area contributed by atoms with E-state index in [1.54, 1.807) is 18.3 Å². The van der Waals surface area contributed by atoms with Gasteiger partial charge in [-0.1, -0.05) is 17.7 Å². The predicted molar refractivity (Wildman–Crippen MR) is 130 cm³/mol. The minimum atomic E-state index is -3.91. The van der Waals surface area contributed by atoms with Crippen molar-refractivity contribution in [3.8, 4) is 0 Å². The maximum absolute atomic E-state index is 13.2. The number of fused-ring (bicyclic) bond motifs is 1. The van der Waals surface area contributed by atoms with Gasteiger partial charge in [0.1, 0.15) is 4.90 Å². The van der Waals surface area contributed by atoms with Gasteiger partial charge in [-0.05, 0) is 81.2 Å². The molecule has 2 aromatic carbocycles. The van der Waals surface area contributed by atoms with Gasteiger partial charge in [0.25, 0.3) is 0 Å². The summed E-state index contributed by atoms with van der Waals surface area (Å²) in [6, 6.07) is 8.93. The van der Waals surface area contributed by atoms with Gasteiger partial charge in [0.2, 0.25) is 15.9 Å².